The molecule has 0 spiro atoms. The number of aliphatic hydroxyl groups is 1. The van der Waals surface area contributed by atoms with Crippen LogP contribution in [0, 0.1) is 19.7 Å². The molecule has 0 amide bonds. The van der Waals surface area contributed by atoms with Crippen LogP contribution in [-0.2, 0) is 11.3 Å². The summed E-state index contributed by atoms with van der Waals surface area (Å²) in [6.07, 6.45) is 3.39. The normalized spacial score (nSPS) is 20.3. The number of halogens is 1. The fourth-order valence-electron chi connectivity index (χ4n) is 5.01. The number of hydrogen-bond acceptors (Lipinski definition) is 7. The van der Waals surface area contributed by atoms with E-state index in [1.807, 2.05) is 26.0 Å². The van der Waals surface area contributed by atoms with Crippen molar-refractivity contribution in [3.8, 4) is 11.3 Å². The first-order valence-electron chi connectivity index (χ1n) is 12.7. The van der Waals surface area contributed by atoms with Crippen LogP contribution in [0.1, 0.15) is 56.0 Å². The van der Waals surface area contributed by atoms with Gasteiger partial charge in [0, 0.05) is 47.4 Å². The van der Waals surface area contributed by atoms with Crippen molar-refractivity contribution in [2.45, 2.75) is 77.7 Å². The molecule has 0 unspecified atom stereocenters. The summed E-state index contributed by atoms with van der Waals surface area (Å²) in [4.78, 5) is 22.0. The third-order valence-corrected chi connectivity index (χ3v) is 7.20. The highest BCUT2D eigenvalue weighted by molar-refractivity contribution is 5.87. The average Bonchev–Trinajstić information content (AvgIpc) is 3.67. The Balaban J connectivity index is 1.62. The number of hydrogen-bond donors (Lipinski definition) is 3. The van der Waals surface area contributed by atoms with Gasteiger partial charge in [0.05, 0.1) is 30.5 Å². The highest BCUT2D eigenvalue weighted by atomic mass is 19.1. The van der Waals surface area contributed by atoms with E-state index in [2.05, 4.69) is 39.0 Å². The van der Waals surface area contributed by atoms with Crippen molar-refractivity contribution < 1.29 is 14.2 Å². The summed E-state index contributed by atoms with van der Waals surface area (Å²) >= 11 is 0. The molecule has 192 valence electrons. The smallest absolute Gasteiger partial charge is 0.223 e. The lowest BCUT2D eigenvalue weighted by Crippen LogP contribution is -2.42. The van der Waals surface area contributed by atoms with Crippen LogP contribution in [0.2, 0.25) is 0 Å². The largest absolute Gasteiger partial charge is 0.389 e. The van der Waals surface area contributed by atoms with Crippen molar-refractivity contribution in [2.24, 2.45) is 0 Å². The SMILES string of the molecule is Cc1cc2c(=O)c(C)c(CNC3CC3)n(C(C)C)c2cc1-c1nc(N[C@@H]2CCOC[C@H]2O)ncc1F. The summed E-state index contributed by atoms with van der Waals surface area (Å²) in [5, 5.41) is 17.5. The average molecular weight is 496 g/mol. The maximum absolute atomic E-state index is 15.1. The zero-order valence-corrected chi connectivity index (χ0v) is 21.3. The minimum absolute atomic E-state index is 0.00293. The maximum Gasteiger partial charge on any atom is 0.223 e. The Bertz CT molecular complexity index is 1350. The third kappa shape index (κ3) is 4.75. The van der Waals surface area contributed by atoms with Crippen LogP contribution in [-0.4, -0.2) is 51.0 Å². The second-order valence-electron chi connectivity index (χ2n) is 10.3. The number of pyridine rings is 1. The summed E-state index contributed by atoms with van der Waals surface area (Å²) < 4.78 is 22.6. The standard InChI is InChI=1S/C27H34FN5O3/c1-14(2)33-22-10-18(15(3)9-19(22)26(35)16(4)23(33)12-29-17-5-6-17)25-20(28)11-30-27(32-25)31-21-7-8-36-13-24(21)34/h9-11,14,17,21,24,29,34H,5-8,12-13H2,1-4H3,(H,30,31,32)/t21-,24-/m1/s1. The van der Waals surface area contributed by atoms with Gasteiger partial charge in [-0.15, -0.1) is 0 Å². The Morgan fingerprint density at radius 3 is 2.72 bits per heavy atom. The number of fused-ring (bicyclic) bond motifs is 1. The number of anilines is 1. The number of aliphatic hydroxyl groups excluding tert-OH is 1. The highest BCUT2D eigenvalue weighted by Crippen LogP contribution is 2.31. The quantitative estimate of drug-likeness (QED) is 0.460. The van der Waals surface area contributed by atoms with E-state index in [1.165, 1.54) is 0 Å². The molecule has 3 heterocycles. The molecule has 3 N–H and O–H groups in total. The number of rotatable bonds is 7. The van der Waals surface area contributed by atoms with Gasteiger partial charge in [0.15, 0.2) is 11.2 Å². The van der Waals surface area contributed by atoms with Gasteiger partial charge in [-0.25, -0.2) is 14.4 Å². The summed E-state index contributed by atoms with van der Waals surface area (Å²) in [6, 6.07) is 4.06. The van der Waals surface area contributed by atoms with Gasteiger partial charge in [-0.05, 0) is 64.7 Å². The molecule has 5 rings (SSSR count). The Morgan fingerprint density at radius 2 is 2.03 bits per heavy atom. The summed E-state index contributed by atoms with van der Waals surface area (Å²) in [5.74, 6) is -0.298. The van der Waals surface area contributed by atoms with Crippen molar-refractivity contribution in [1.29, 1.82) is 0 Å². The van der Waals surface area contributed by atoms with Crippen LogP contribution in [0.3, 0.4) is 0 Å². The molecular weight excluding hydrogens is 461 g/mol. The molecule has 1 saturated carbocycles. The van der Waals surface area contributed by atoms with E-state index in [0.717, 1.165) is 41.4 Å². The third-order valence-electron chi connectivity index (χ3n) is 7.20. The van der Waals surface area contributed by atoms with E-state index in [4.69, 9.17) is 4.74 Å². The van der Waals surface area contributed by atoms with Crippen LogP contribution in [0.4, 0.5) is 10.3 Å². The minimum Gasteiger partial charge on any atom is -0.389 e. The first kappa shape index (κ1) is 24.8. The number of nitrogens with one attached hydrogen (secondary N) is 2. The van der Waals surface area contributed by atoms with Crippen molar-refractivity contribution in [3.05, 3.63) is 51.2 Å². The van der Waals surface area contributed by atoms with Gasteiger partial charge < -0.3 is 25.0 Å². The molecule has 2 atom stereocenters. The lowest BCUT2D eigenvalue weighted by atomic mass is 9.98. The lowest BCUT2D eigenvalue weighted by Gasteiger charge is -2.28. The maximum atomic E-state index is 15.1. The van der Waals surface area contributed by atoms with E-state index < -0.39 is 11.9 Å². The second-order valence-corrected chi connectivity index (χ2v) is 10.3. The van der Waals surface area contributed by atoms with Crippen molar-refractivity contribution >= 4 is 16.9 Å². The van der Waals surface area contributed by atoms with Crippen molar-refractivity contribution in [3.63, 3.8) is 0 Å². The van der Waals surface area contributed by atoms with Crippen LogP contribution in [0.25, 0.3) is 22.2 Å². The molecular formula is C27H34FN5O3. The van der Waals surface area contributed by atoms with Gasteiger partial charge in [0.25, 0.3) is 0 Å². The topological polar surface area (TPSA) is 101 Å². The van der Waals surface area contributed by atoms with Gasteiger partial charge in [-0.2, -0.15) is 0 Å². The summed E-state index contributed by atoms with van der Waals surface area (Å²) in [7, 11) is 0. The summed E-state index contributed by atoms with van der Waals surface area (Å²) in [5.41, 5.74) is 4.00. The van der Waals surface area contributed by atoms with E-state index in [-0.39, 0.29) is 35.8 Å². The van der Waals surface area contributed by atoms with Crippen LogP contribution < -0.4 is 16.1 Å². The summed E-state index contributed by atoms with van der Waals surface area (Å²) in [6.45, 7) is 9.32. The molecule has 1 aliphatic heterocycles. The molecule has 9 heteroatoms. The minimum atomic E-state index is -0.690. The number of aryl methyl sites for hydroxylation is 1. The number of nitrogens with zero attached hydrogens (tertiary/aromatic N) is 3. The van der Waals surface area contributed by atoms with Crippen LogP contribution in [0.5, 0.6) is 0 Å². The van der Waals surface area contributed by atoms with E-state index in [9.17, 15) is 9.90 Å². The van der Waals surface area contributed by atoms with E-state index in [0.29, 0.717) is 36.6 Å². The van der Waals surface area contributed by atoms with Crippen molar-refractivity contribution in [1.82, 2.24) is 19.9 Å². The van der Waals surface area contributed by atoms with Gasteiger partial charge in [-0.3, -0.25) is 4.79 Å². The molecule has 2 fully saturated rings. The molecule has 1 aliphatic carbocycles. The molecule has 1 saturated heterocycles. The zero-order chi connectivity index (χ0) is 25.6. The molecule has 8 nitrogen and oxygen atoms in total. The van der Waals surface area contributed by atoms with E-state index >= 15 is 4.39 Å². The molecule has 2 aliphatic rings. The predicted octanol–water partition coefficient (Wildman–Crippen LogP) is 3.61. The van der Waals surface area contributed by atoms with Gasteiger partial charge in [0.1, 0.15) is 5.69 Å². The molecule has 36 heavy (non-hydrogen) atoms. The zero-order valence-electron chi connectivity index (χ0n) is 21.3. The lowest BCUT2D eigenvalue weighted by molar-refractivity contribution is -0.0136. The molecule has 0 radical (unpaired) electrons. The Labute approximate surface area is 209 Å². The van der Waals surface area contributed by atoms with Crippen molar-refractivity contribution in [2.75, 3.05) is 18.5 Å². The second kappa shape index (κ2) is 9.88. The monoisotopic (exact) mass is 495 g/mol. The van der Waals surface area contributed by atoms with Gasteiger partial charge in [0.2, 0.25) is 5.95 Å². The van der Waals surface area contributed by atoms with E-state index in [1.54, 1.807) is 0 Å². The molecule has 2 aromatic heterocycles. The van der Waals surface area contributed by atoms with Crippen LogP contribution >= 0.6 is 0 Å². The number of benzene rings is 1. The first-order chi connectivity index (χ1) is 17.2. The fraction of sp³-hybridized carbons (Fsp3) is 0.519. The highest BCUT2D eigenvalue weighted by Gasteiger charge is 2.26. The Hall–Kier alpha value is -2.88. The van der Waals surface area contributed by atoms with Gasteiger partial charge in [-0.1, -0.05) is 0 Å². The fourth-order valence-corrected chi connectivity index (χ4v) is 5.01. The molecule has 0 bridgehead atoms. The number of aromatic nitrogens is 3. The molecule has 1 aromatic carbocycles. The Kier molecular flexibility index (Phi) is 6.80. The molecule has 3 aromatic rings. The van der Waals surface area contributed by atoms with Crippen LogP contribution in [0.15, 0.2) is 23.1 Å². The Morgan fingerprint density at radius 1 is 1.25 bits per heavy atom. The predicted molar refractivity (Wildman–Crippen MR) is 138 cm³/mol. The first-order valence-corrected chi connectivity index (χ1v) is 12.7. The van der Waals surface area contributed by atoms with Gasteiger partial charge >= 0.3 is 0 Å². The number of ether oxygens (including phenoxy) is 1.